The van der Waals surface area contributed by atoms with Crippen molar-refractivity contribution in [2.75, 3.05) is 13.7 Å². The monoisotopic (exact) mass is 364 g/mol. The van der Waals surface area contributed by atoms with Gasteiger partial charge in [0.05, 0.1) is 13.3 Å². The second kappa shape index (κ2) is 8.25. The lowest BCUT2D eigenvalue weighted by atomic mass is 10.2. The molecule has 0 radical (unpaired) electrons. The summed E-state index contributed by atoms with van der Waals surface area (Å²) in [6, 6.07) is 7.82. The van der Waals surface area contributed by atoms with Gasteiger partial charge in [-0.3, -0.25) is 4.79 Å². The Morgan fingerprint density at radius 2 is 2.04 bits per heavy atom. The summed E-state index contributed by atoms with van der Waals surface area (Å²) < 4.78 is 10.3. The summed E-state index contributed by atoms with van der Waals surface area (Å²) in [5.74, 6) is -0.532. The third-order valence-corrected chi connectivity index (χ3v) is 3.43. The lowest BCUT2D eigenvalue weighted by Crippen LogP contribution is -2.24. The van der Waals surface area contributed by atoms with Crippen LogP contribution in [-0.2, 0) is 4.79 Å². The average molecular weight is 365 g/mol. The van der Waals surface area contributed by atoms with Crippen LogP contribution in [0.2, 0.25) is 5.02 Å². The van der Waals surface area contributed by atoms with E-state index >= 15 is 0 Å². The molecule has 0 atom stereocenters. The maximum atomic E-state index is 11.7. The summed E-state index contributed by atoms with van der Waals surface area (Å²) in [6.45, 7) is 1.60. The Morgan fingerprint density at radius 1 is 1.28 bits per heavy atom. The summed E-state index contributed by atoms with van der Waals surface area (Å²) >= 11 is 5.85. The predicted octanol–water partition coefficient (Wildman–Crippen LogP) is 2.60. The van der Waals surface area contributed by atoms with E-state index in [4.69, 9.17) is 21.1 Å². The summed E-state index contributed by atoms with van der Waals surface area (Å²) in [4.78, 5) is 11.7. The SMILES string of the molecule is COc1cc(/C=N/NC(=O)COc2ccc(Cl)cc2C)cc(O)c1O. The van der Waals surface area contributed by atoms with Crippen LogP contribution in [0.25, 0.3) is 0 Å². The fraction of sp³-hybridized carbons (Fsp3) is 0.176. The van der Waals surface area contributed by atoms with Crippen LogP contribution in [0, 0.1) is 6.92 Å². The van der Waals surface area contributed by atoms with E-state index in [1.54, 1.807) is 18.2 Å². The van der Waals surface area contributed by atoms with Crippen molar-refractivity contribution in [3.8, 4) is 23.0 Å². The number of nitrogens with one attached hydrogen (secondary N) is 1. The molecule has 1 amide bonds. The fourth-order valence-electron chi connectivity index (χ4n) is 1.97. The number of aromatic hydroxyl groups is 2. The third kappa shape index (κ3) is 5.02. The van der Waals surface area contributed by atoms with Crippen LogP contribution in [0.3, 0.4) is 0 Å². The van der Waals surface area contributed by atoms with Crippen molar-refractivity contribution in [1.29, 1.82) is 0 Å². The molecule has 0 saturated carbocycles. The van der Waals surface area contributed by atoms with Crippen molar-refractivity contribution in [2.45, 2.75) is 6.92 Å². The molecule has 0 aliphatic carbocycles. The van der Waals surface area contributed by atoms with Gasteiger partial charge in [-0.2, -0.15) is 5.10 Å². The first-order valence-corrected chi connectivity index (χ1v) is 7.59. The van der Waals surface area contributed by atoms with Crippen LogP contribution in [0.5, 0.6) is 23.0 Å². The quantitative estimate of drug-likeness (QED) is 0.415. The number of ether oxygens (including phenoxy) is 2. The number of phenols is 2. The number of hydrazone groups is 1. The second-order valence-electron chi connectivity index (χ2n) is 5.08. The van der Waals surface area contributed by atoms with Gasteiger partial charge in [0.15, 0.2) is 18.1 Å². The molecule has 0 saturated heterocycles. The van der Waals surface area contributed by atoms with Crippen molar-refractivity contribution >= 4 is 23.7 Å². The van der Waals surface area contributed by atoms with Crippen molar-refractivity contribution in [1.82, 2.24) is 5.43 Å². The van der Waals surface area contributed by atoms with Crippen molar-refractivity contribution < 1.29 is 24.5 Å². The Bertz CT molecular complexity index is 808. The molecule has 0 spiro atoms. The standard InChI is InChI=1S/C17H17ClN2O5/c1-10-5-12(18)3-4-14(10)25-9-16(22)20-19-8-11-6-13(21)17(23)15(7-11)24-2/h3-8,21,23H,9H2,1-2H3,(H,20,22)/b19-8+. The number of rotatable bonds is 6. The summed E-state index contributed by atoms with van der Waals surface area (Å²) in [5, 5.41) is 23.5. The van der Waals surface area contributed by atoms with Crippen molar-refractivity contribution in [3.63, 3.8) is 0 Å². The highest BCUT2D eigenvalue weighted by molar-refractivity contribution is 6.30. The molecule has 0 bridgehead atoms. The first kappa shape index (κ1) is 18.4. The molecule has 132 valence electrons. The average Bonchev–Trinajstić information content (AvgIpc) is 2.57. The molecule has 0 unspecified atom stereocenters. The molecule has 0 fully saturated rings. The normalized spacial score (nSPS) is 10.7. The summed E-state index contributed by atoms with van der Waals surface area (Å²) in [6.07, 6.45) is 1.30. The highest BCUT2D eigenvalue weighted by atomic mass is 35.5. The highest BCUT2D eigenvalue weighted by Crippen LogP contribution is 2.35. The molecule has 0 heterocycles. The van der Waals surface area contributed by atoms with Gasteiger partial charge in [0.25, 0.3) is 5.91 Å². The number of amides is 1. The largest absolute Gasteiger partial charge is 0.504 e. The smallest absolute Gasteiger partial charge is 0.277 e. The van der Waals surface area contributed by atoms with Gasteiger partial charge in [0.1, 0.15) is 5.75 Å². The van der Waals surface area contributed by atoms with Gasteiger partial charge >= 0.3 is 0 Å². The van der Waals surface area contributed by atoms with Crippen LogP contribution in [0.15, 0.2) is 35.4 Å². The first-order valence-electron chi connectivity index (χ1n) is 7.21. The van der Waals surface area contributed by atoms with E-state index in [0.717, 1.165) is 5.56 Å². The lowest BCUT2D eigenvalue weighted by molar-refractivity contribution is -0.123. The molecule has 2 aromatic rings. The lowest BCUT2D eigenvalue weighted by Gasteiger charge is -2.08. The Balaban J connectivity index is 1.91. The minimum atomic E-state index is -0.458. The molecule has 8 heteroatoms. The topological polar surface area (TPSA) is 100 Å². The first-order chi connectivity index (χ1) is 11.9. The minimum absolute atomic E-state index is 0.0920. The highest BCUT2D eigenvalue weighted by Gasteiger charge is 2.09. The van der Waals surface area contributed by atoms with Crippen molar-refractivity contribution in [2.24, 2.45) is 5.10 Å². The van der Waals surface area contributed by atoms with Gasteiger partial charge in [-0.1, -0.05) is 11.6 Å². The molecular formula is C17H17ClN2O5. The number of methoxy groups -OCH3 is 1. The predicted molar refractivity (Wildman–Crippen MR) is 93.7 cm³/mol. The zero-order valence-corrected chi connectivity index (χ0v) is 14.4. The number of halogens is 1. The van der Waals surface area contributed by atoms with Crippen LogP contribution in [0.1, 0.15) is 11.1 Å². The molecule has 0 aromatic heterocycles. The number of benzene rings is 2. The second-order valence-corrected chi connectivity index (χ2v) is 5.52. The van der Waals surface area contributed by atoms with Crippen molar-refractivity contribution in [3.05, 3.63) is 46.5 Å². The molecule has 0 aliphatic rings. The van der Waals surface area contributed by atoms with Crippen LogP contribution in [-0.4, -0.2) is 36.1 Å². The minimum Gasteiger partial charge on any atom is -0.504 e. The number of carbonyl (C=O) groups is 1. The van der Waals surface area contributed by atoms with Crippen LogP contribution < -0.4 is 14.9 Å². The maximum absolute atomic E-state index is 11.7. The Labute approximate surface area is 149 Å². The molecular weight excluding hydrogens is 348 g/mol. The maximum Gasteiger partial charge on any atom is 0.277 e. The molecule has 25 heavy (non-hydrogen) atoms. The van der Waals surface area contributed by atoms with E-state index in [9.17, 15) is 15.0 Å². The van der Waals surface area contributed by atoms with E-state index < -0.39 is 5.91 Å². The fourth-order valence-corrected chi connectivity index (χ4v) is 2.20. The Morgan fingerprint density at radius 3 is 2.72 bits per heavy atom. The van der Waals surface area contributed by atoms with Crippen LogP contribution in [0.4, 0.5) is 0 Å². The van der Waals surface area contributed by atoms with Crippen LogP contribution >= 0.6 is 11.6 Å². The number of aryl methyl sites for hydroxylation is 1. The van der Waals surface area contributed by atoms with Gasteiger partial charge in [-0.25, -0.2) is 5.43 Å². The number of nitrogens with zero attached hydrogens (tertiary/aromatic N) is 1. The van der Waals surface area contributed by atoms with Gasteiger partial charge in [-0.15, -0.1) is 0 Å². The zero-order valence-electron chi connectivity index (χ0n) is 13.6. The molecule has 7 nitrogen and oxygen atoms in total. The van der Waals surface area contributed by atoms with E-state index in [1.807, 2.05) is 6.92 Å². The zero-order chi connectivity index (χ0) is 18.4. The van der Waals surface area contributed by atoms with E-state index in [-0.39, 0.29) is 23.9 Å². The van der Waals surface area contributed by atoms with E-state index in [0.29, 0.717) is 16.3 Å². The van der Waals surface area contributed by atoms with E-state index in [1.165, 1.54) is 25.5 Å². The molecule has 0 aliphatic heterocycles. The third-order valence-electron chi connectivity index (χ3n) is 3.20. The molecule has 2 rings (SSSR count). The number of phenolic OH excluding ortho intramolecular Hbond substituents is 2. The number of hydrogen-bond acceptors (Lipinski definition) is 6. The number of carbonyl (C=O) groups excluding carboxylic acids is 1. The van der Waals surface area contributed by atoms with Gasteiger partial charge in [0, 0.05) is 10.6 Å². The van der Waals surface area contributed by atoms with Gasteiger partial charge < -0.3 is 19.7 Å². The summed E-state index contributed by atoms with van der Waals surface area (Å²) in [7, 11) is 1.35. The Hall–Kier alpha value is -2.93. The molecule has 2 aromatic carbocycles. The van der Waals surface area contributed by atoms with E-state index in [2.05, 4.69) is 10.5 Å². The number of hydrogen-bond donors (Lipinski definition) is 3. The Kier molecular flexibility index (Phi) is 6.08. The summed E-state index contributed by atoms with van der Waals surface area (Å²) in [5.41, 5.74) is 3.55. The van der Waals surface area contributed by atoms with Gasteiger partial charge in [0.2, 0.25) is 5.75 Å². The van der Waals surface area contributed by atoms with Gasteiger partial charge in [-0.05, 0) is 42.8 Å². The molecule has 3 N–H and O–H groups in total.